The van der Waals surface area contributed by atoms with Crippen molar-refractivity contribution in [3.05, 3.63) is 0 Å². The van der Waals surface area contributed by atoms with Gasteiger partial charge in [-0.3, -0.25) is 0 Å². The number of carboxylic acid groups (broad SMARTS) is 1. The van der Waals surface area contributed by atoms with E-state index in [4.69, 9.17) is 9.84 Å². The molecule has 88 valence electrons. The fourth-order valence-corrected chi connectivity index (χ4v) is 1.88. The van der Waals surface area contributed by atoms with Gasteiger partial charge in [-0.05, 0) is 6.42 Å². The number of hydrogen-bond acceptors (Lipinski definition) is 2. The van der Waals surface area contributed by atoms with Crippen LogP contribution in [0.1, 0.15) is 58.3 Å². The highest BCUT2D eigenvalue weighted by molar-refractivity contribution is 5.75. The van der Waals surface area contributed by atoms with Gasteiger partial charge >= 0.3 is 5.97 Å². The average molecular weight is 214 g/mol. The van der Waals surface area contributed by atoms with Gasteiger partial charge in [-0.1, -0.05) is 51.9 Å². The number of epoxide rings is 1. The van der Waals surface area contributed by atoms with Crippen molar-refractivity contribution in [2.75, 3.05) is 0 Å². The quantitative estimate of drug-likeness (QED) is 0.474. The monoisotopic (exact) mass is 214 g/mol. The molecule has 0 radical (unpaired) electrons. The summed E-state index contributed by atoms with van der Waals surface area (Å²) in [4.78, 5) is 10.5. The first-order valence-corrected chi connectivity index (χ1v) is 6.14. The molecule has 0 bridgehead atoms. The summed E-state index contributed by atoms with van der Waals surface area (Å²) in [6, 6.07) is 0. The summed E-state index contributed by atoms with van der Waals surface area (Å²) in [7, 11) is 0. The lowest BCUT2D eigenvalue weighted by molar-refractivity contribution is -0.138. The molecule has 0 unspecified atom stereocenters. The first-order chi connectivity index (χ1) is 7.25. The molecule has 15 heavy (non-hydrogen) atoms. The second kappa shape index (κ2) is 6.83. The van der Waals surface area contributed by atoms with Crippen LogP contribution in [0.4, 0.5) is 0 Å². The molecule has 0 amide bonds. The van der Waals surface area contributed by atoms with Crippen LogP contribution in [0, 0.1) is 0 Å². The number of aliphatic carboxylic acids is 1. The summed E-state index contributed by atoms with van der Waals surface area (Å²) < 4.78 is 5.02. The highest BCUT2D eigenvalue weighted by Gasteiger charge is 2.44. The SMILES string of the molecule is CCCCCCCCC[C@@H]1O[C@H]1C(=O)O. The maximum atomic E-state index is 10.5. The number of carboxylic acids is 1. The number of ether oxygens (including phenoxy) is 1. The highest BCUT2D eigenvalue weighted by Crippen LogP contribution is 2.27. The van der Waals surface area contributed by atoms with Gasteiger partial charge in [0, 0.05) is 0 Å². The molecule has 0 spiro atoms. The zero-order valence-electron chi connectivity index (χ0n) is 9.58. The van der Waals surface area contributed by atoms with E-state index in [1.165, 1.54) is 38.5 Å². The maximum Gasteiger partial charge on any atom is 0.335 e. The molecule has 1 heterocycles. The van der Waals surface area contributed by atoms with Crippen LogP contribution >= 0.6 is 0 Å². The standard InChI is InChI=1S/C12H22O3/c1-2-3-4-5-6-7-8-9-10-11(15-10)12(13)14/h10-11H,2-9H2,1H3,(H,13,14)/t10-,11+/m0/s1. The van der Waals surface area contributed by atoms with Crippen LogP contribution in [0.15, 0.2) is 0 Å². The van der Waals surface area contributed by atoms with Crippen LogP contribution in [0.25, 0.3) is 0 Å². The van der Waals surface area contributed by atoms with Gasteiger partial charge in [-0.2, -0.15) is 0 Å². The van der Waals surface area contributed by atoms with Crippen molar-refractivity contribution in [2.24, 2.45) is 0 Å². The molecule has 1 aliphatic rings. The first kappa shape index (κ1) is 12.5. The average Bonchev–Trinajstić information content (AvgIpc) is 2.96. The molecule has 1 rings (SSSR count). The van der Waals surface area contributed by atoms with Crippen molar-refractivity contribution < 1.29 is 14.6 Å². The van der Waals surface area contributed by atoms with Crippen molar-refractivity contribution in [1.82, 2.24) is 0 Å². The van der Waals surface area contributed by atoms with E-state index in [1.807, 2.05) is 0 Å². The molecule has 0 aliphatic carbocycles. The summed E-state index contributed by atoms with van der Waals surface area (Å²) >= 11 is 0. The molecule has 1 aliphatic heterocycles. The number of unbranched alkanes of at least 4 members (excludes halogenated alkanes) is 6. The van der Waals surface area contributed by atoms with Crippen molar-refractivity contribution in [2.45, 2.75) is 70.5 Å². The van der Waals surface area contributed by atoms with E-state index in [0.29, 0.717) is 0 Å². The third-order valence-electron chi connectivity index (χ3n) is 2.92. The van der Waals surface area contributed by atoms with Gasteiger partial charge in [-0.15, -0.1) is 0 Å². The van der Waals surface area contributed by atoms with Crippen molar-refractivity contribution >= 4 is 5.97 Å². The highest BCUT2D eigenvalue weighted by atomic mass is 16.6. The second-order valence-electron chi connectivity index (χ2n) is 4.34. The van der Waals surface area contributed by atoms with Gasteiger partial charge in [0.25, 0.3) is 0 Å². The van der Waals surface area contributed by atoms with E-state index in [0.717, 1.165) is 12.8 Å². The Labute approximate surface area is 91.8 Å². The Bertz CT molecular complexity index is 191. The molecule has 1 N–H and O–H groups in total. The fraction of sp³-hybridized carbons (Fsp3) is 0.917. The molecule has 0 aromatic carbocycles. The topological polar surface area (TPSA) is 49.8 Å². The van der Waals surface area contributed by atoms with E-state index in [-0.39, 0.29) is 6.10 Å². The Hall–Kier alpha value is -0.570. The van der Waals surface area contributed by atoms with E-state index in [9.17, 15) is 4.79 Å². The molecule has 0 aromatic rings. The third-order valence-corrected chi connectivity index (χ3v) is 2.92. The third kappa shape index (κ3) is 5.17. The van der Waals surface area contributed by atoms with E-state index in [1.54, 1.807) is 0 Å². The number of carbonyl (C=O) groups is 1. The van der Waals surface area contributed by atoms with Crippen LogP contribution < -0.4 is 0 Å². The molecule has 3 nitrogen and oxygen atoms in total. The molecule has 0 saturated carbocycles. The Morgan fingerprint density at radius 2 is 1.73 bits per heavy atom. The van der Waals surface area contributed by atoms with Crippen molar-refractivity contribution in [1.29, 1.82) is 0 Å². The summed E-state index contributed by atoms with van der Waals surface area (Å²) in [6.45, 7) is 2.22. The van der Waals surface area contributed by atoms with Crippen LogP contribution in [0.2, 0.25) is 0 Å². The molecule has 3 heteroatoms. The zero-order valence-corrected chi connectivity index (χ0v) is 9.58. The molecule has 1 fully saturated rings. The lowest BCUT2D eigenvalue weighted by Crippen LogP contribution is -2.07. The Kier molecular flexibility index (Phi) is 5.69. The Balaban J connectivity index is 1.80. The summed E-state index contributed by atoms with van der Waals surface area (Å²) in [5.74, 6) is -0.803. The van der Waals surface area contributed by atoms with Crippen molar-refractivity contribution in [3.8, 4) is 0 Å². The molecule has 1 saturated heterocycles. The van der Waals surface area contributed by atoms with Gasteiger partial charge in [0.1, 0.15) is 0 Å². The summed E-state index contributed by atoms with van der Waals surface area (Å²) in [6.07, 6.45) is 9.34. The molecule has 0 aromatic heterocycles. The van der Waals surface area contributed by atoms with Crippen LogP contribution in [-0.4, -0.2) is 23.3 Å². The molecular formula is C12H22O3. The smallest absolute Gasteiger partial charge is 0.335 e. The van der Waals surface area contributed by atoms with E-state index < -0.39 is 12.1 Å². The normalized spacial score (nSPS) is 24.1. The van der Waals surface area contributed by atoms with Gasteiger partial charge in [0.2, 0.25) is 0 Å². The van der Waals surface area contributed by atoms with Crippen LogP contribution in [0.5, 0.6) is 0 Å². The number of rotatable bonds is 9. The van der Waals surface area contributed by atoms with E-state index >= 15 is 0 Å². The minimum absolute atomic E-state index is 0.0122. The number of hydrogen-bond donors (Lipinski definition) is 1. The van der Waals surface area contributed by atoms with E-state index in [2.05, 4.69) is 6.92 Å². The Morgan fingerprint density at radius 3 is 2.27 bits per heavy atom. The first-order valence-electron chi connectivity index (χ1n) is 6.14. The maximum absolute atomic E-state index is 10.5. The van der Waals surface area contributed by atoms with Crippen LogP contribution in [-0.2, 0) is 9.53 Å². The lowest BCUT2D eigenvalue weighted by atomic mass is 10.1. The second-order valence-corrected chi connectivity index (χ2v) is 4.34. The Morgan fingerprint density at radius 1 is 1.13 bits per heavy atom. The summed E-state index contributed by atoms with van der Waals surface area (Å²) in [5.41, 5.74) is 0. The van der Waals surface area contributed by atoms with Gasteiger partial charge in [0.15, 0.2) is 6.10 Å². The minimum atomic E-state index is -0.803. The van der Waals surface area contributed by atoms with Gasteiger partial charge in [0.05, 0.1) is 6.10 Å². The zero-order chi connectivity index (χ0) is 11.1. The largest absolute Gasteiger partial charge is 0.479 e. The summed E-state index contributed by atoms with van der Waals surface area (Å²) in [5, 5.41) is 8.60. The fourth-order valence-electron chi connectivity index (χ4n) is 1.88. The predicted molar refractivity (Wildman–Crippen MR) is 58.9 cm³/mol. The lowest BCUT2D eigenvalue weighted by Gasteiger charge is -1.99. The van der Waals surface area contributed by atoms with Gasteiger partial charge in [-0.25, -0.2) is 4.79 Å². The molecular weight excluding hydrogens is 192 g/mol. The molecule has 2 atom stereocenters. The van der Waals surface area contributed by atoms with Crippen LogP contribution in [0.3, 0.4) is 0 Å². The van der Waals surface area contributed by atoms with Gasteiger partial charge < -0.3 is 9.84 Å². The minimum Gasteiger partial charge on any atom is -0.479 e. The van der Waals surface area contributed by atoms with Crippen molar-refractivity contribution in [3.63, 3.8) is 0 Å². The predicted octanol–water partition coefficient (Wildman–Crippen LogP) is 2.98.